The largest absolute Gasteiger partial charge is 1.00 e. The van der Waals surface area contributed by atoms with E-state index in [1.54, 1.807) is 25.1 Å². The number of carbonyl (C=O) groups is 3. The number of hydrogen-bond donors (Lipinski definition) is 0. The van der Waals surface area contributed by atoms with Crippen molar-refractivity contribution in [3.63, 3.8) is 0 Å². The molecular weight excluding hydrogens is 591 g/mol. The van der Waals surface area contributed by atoms with E-state index in [9.17, 15) is 29.4 Å². The van der Waals surface area contributed by atoms with Crippen LogP contribution in [0.1, 0.15) is 6.92 Å². The number of hydrogen-bond acceptors (Lipinski definition) is 11. The number of rotatable bonds is 6. The number of fused-ring (bicyclic) bond motifs is 1. The molecule has 1 aromatic heterocycles. The van der Waals surface area contributed by atoms with E-state index in [0.717, 1.165) is 32.6 Å². The van der Waals surface area contributed by atoms with Gasteiger partial charge in [0.1, 0.15) is 13.9 Å². The van der Waals surface area contributed by atoms with Crippen molar-refractivity contribution in [3.8, 4) is 0 Å². The Balaban J connectivity index is 0.00000253. The molecule has 0 atom stereocenters. The van der Waals surface area contributed by atoms with Crippen molar-refractivity contribution in [2.24, 2.45) is 0 Å². The number of carboxylic acid groups (broad SMARTS) is 2. The van der Waals surface area contributed by atoms with E-state index >= 15 is 0 Å². The van der Waals surface area contributed by atoms with E-state index in [1.807, 2.05) is 0 Å². The quantitative estimate of drug-likeness (QED) is 0.178. The fourth-order valence-corrected chi connectivity index (χ4v) is 7.12. The van der Waals surface area contributed by atoms with Crippen molar-refractivity contribution in [3.05, 3.63) is 60.3 Å². The molecule has 0 aliphatic carbocycles. The molecule has 1 aromatic carbocycles. The number of carboxylic acids is 2. The van der Waals surface area contributed by atoms with Crippen LogP contribution in [-0.4, -0.2) is 44.7 Å². The molecule has 2 aliphatic heterocycles. The normalized spacial score (nSPS) is 17.3. The second-order valence-electron chi connectivity index (χ2n) is 7.28. The molecule has 2 aromatic rings. The summed E-state index contributed by atoms with van der Waals surface area (Å²) in [5.74, 6) is -3.24. The first-order valence-corrected chi connectivity index (χ1v) is 13.1. The Morgan fingerprint density at radius 2 is 1.76 bits per heavy atom. The molecule has 4 rings (SSSR count). The average molecular weight is 605 g/mol. The summed E-state index contributed by atoms with van der Waals surface area (Å²) in [6.45, 7) is 8.06. The molecule has 0 spiro atoms. The van der Waals surface area contributed by atoms with Gasteiger partial charge in [0.25, 0.3) is 11.5 Å². The van der Waals surface area contributed by atoms with E-state index in [2.05, 4.69) is 4.85 Å². The Kier molecular flexibility index (Phi) is 11.9. The Morgan fingerprint density at radius 1 is 1.08 bits per heavy atom. The van der Waals surface area contributed by atoms with E-state index in [4.69, 9.17) is 18.8 Å². The average Bonchev–Trinajstić information content (AvgIpc) is 3.42. The standard InChI is InChI=1S/C22H16N4O6S4.2Na/c1-3-24-20(32)18(36-22(24)33)21-26(10-17(29)30)19(31)14(35-21)6-7-15-25(9-16(27)28)12-8-11(23-2)4-5-13(12)34-15;;/h4-8H,3,9-10H2,1H3,(H,27,28)(H,29,30);;/q;2*+1/p-2/b14-6?,15-7?,21-18-;;. The van der Waals surface area contributed by atoms with Crippen LogP contribution >= 0.6 is 47.1 Å². The van der Waals surface area contributed by atoms with Crippen molar-refractivity contribution in [2.75, 3.05) is 18.0 Å². The third kappa shape index (κ3) is 6.67. The maximum atomic E-state index is 13.1. The van der Waals surface area contributed by atoms with Gasteiger partial charge in [0, 0.05) is 17.1 Å². The number of thiazole rings is 1. The van der Waals surface area contributed by atoms with E-state index in [1.165, 1.54) is 33.7 Å². The third-order valence-electron chi connectivity index (χ3n) is 5.06. The number of thiocarbonyl (C=S) groups is 1. The summed E-state index contributed by atoms with van der Waals surface area (Å²) in [7, 11) is 0. The molecule has 0 radical (unpaired) electrons. The molecule has 0 N–H and O–H groups in total. The number of thioether (sulfide) groups is 2. The third-order valence-corrected chi connectivity index (χ3v) is 8.91. The maximum Gasteiger partial charge on any atom is 1.00 e. The Hall–Kier alpha value is -1.38. The minimum atomic E-state index is -1.50. The van der Waals surface area contributed by atoms with Crippen LogP contribution in [0, 0.1) is 6.57 Å². The first-order chi connectivity index (χ1) is 17.1. The van der Waals surface area contributed by atoms with Crippen LogP contribution in [-0.2, 0) is 20.9 Å². The molecule has 0 unspecified atom stereocenters. The molecule has 0 bridgehead atoms. The van der Waals surface area contributed by atoms with Gasteiger partial charge in [-0.1, -0.05) is 47.9 Å². The van der Waals surface area contributed by atoms with Crippen LogP contribution in [0.5, 0.6) is 0 Å². The molecule has 184 valence electrons. The summed E-state index contributed by atoms with van der Waals surface area (Å²) >= 11 is 8.40. The zero-order chi connectivity index (χ0) is 26.1. The first-order valence-electron chi connectivity index (χ1n) is 10.2. The number of allylic oxidation sites excluding steroid dienone is 1. The van der Waals surface area contributed by atoms with Crippen LogP contribution in [0.4, 0.5) is 11.4 Å². The van der Waals surface area contributed by atoms with Gasteiger partial charge >= 0.3 is 59.1 Å². The number of benzene rings is 1. The molecule has 2 aliphatic rings. The van der Waals surface area contributed by atoms with Gasteiger partial charge in [0.15, 0.2) is 5.69 Å². The fourth-order valence-electron chi connectivity index (χ4n) is 3.50. The Morgan fingerprint density at radius 3 is 2.34 bits per heavy atom. The summed E-state index contributed by atoms with van der Waals surface area (Å²) in [5, 5.41) is 23.2. The predicted octanol–water partition coefficient (Wildman–Crippen LogP) is -6.81. The van der Waals surface area contributed by atoms with Crippen molar-refractivity contribution in [1.82, 2.24) is 9.47 Å². The molecule has 16 heteroatoms. The van der Waals surface area contributed by atoms with Gasteiger partial charge in [-0.2, -0.15) is 0 Å². The van der Waals surface area contributed by atoms with Crippen molar-refractivity contribution < 1.29 is 83.7 Å². The van der Waals surface area contributed by atoms with Crippen LogP contribution in [0.3, 0.4) is 0 Å². The number of aromatic nitrogens is 1. The topological polar surface area (TPSA) is 130 Å². The summed E-state index contributed by atoms with van der Waals surface area (Å²) in [4.78, 5) is 55.6. The zero-order valence-corrected chi connectivity index (χ0v) is 27.6. The van der Waals surface area contributed by atoms with Crippen LogP contribution < -0.4 is 89.0 Å². The van der Waals surface area contributed by atoms with Gasteiger partial charge in [-0.05, 0) is 25.1 Å². The molecule has 10 nitrogen and oxygen atoms in total. The van der Waals surface area contributed by atoms with Crippen molar-refractivity contribution in [1.29, 1.82) is 0 Å². The summed E-state index contributed by atoms with van der Waals surface area (Å²) in [5.41, 5.74) is 0.223. The van der Waals surface area contributed by atoms with E-state index in [-0.39, 0.29) is 73.2 Å². The van der Waals surface area contributed by atoms with Gasteiger partial charge in [-0.25, -0.2) is 4.85 Å². The van der Waals surface area contributed by atoms with Gasteiger partial charge in [-0.15, -0.1) is 11.3 Å². The van der Waals surface area contributed by atoms with Gasteiger partial charge in [-0.3, -0.25) is 19.1 Å². The molecule has 3 heterocycles. The monoisotopic (exact) mass is 604 g/mol. The second kappa shape index (κ2) is 13.8. The smallest absolute Gasteiger partial charge is 0.548 e. The number of nitrogens with zero attached hydrogens (tertiary/aromatic N) is 4. The van der Waals surface area contributed by atoms with Crippen LogP contribution in [0.2, 0.25) is 0 Å². The number of aliphatic carboxylic acids is 2. The van der Waals surface area contributed by atoms with Gasteiger partial charge < -0.3 is 24.7 Å². The number of carbonyl (C=O) groups excluding carboxylic acids is 3. The number of amides is 1. The van der Waals surface area contributed by atoms with Crippen LogP contribution in [0.25, 0.3) is 15.8 Å². The Bertz CT molecular complexity index is 1590. The SMILES string of the molecule is [C-]#[N+]c1ccc2c(c1)N(CC(=O)[O-])C(=CC=c1s/c(=C3\SC(=S)N(CC)C3=O)n(CC(=O)[O-])c1=O)S2.[Na+].[Na+]. The van der Waals surface area contributed by atoms with E-state index in [0.29, 0.717) is 27.3 Å². The first kappa shape index (κ1) is 32.8. The van der Waals surface area contributed by atoms with Gasteiger partial charge in [0.2, 0.25) is 0 Å². The molecule has 1 saturated heterocycles. The predicted molar refractivity (Wildman–Crippen MR) is 137 cm³/mol. The van der Waals surface area contributed by atoms with Crippen molar-refractivity contribution in [2.45, 2.75) is 18.4 Å². The molecule has 0 saturated carbocycles. The Labute approximate surface area is 278 Å². The summed E-state index contributed by atoms with van der Waals surface area (Å²) < 4.78 is 1.55. The molecule has 1 fully saturated rings. The van der Waals surface area contributed by atoms with E-state index < -0.39 is 36.5 Å². The summed E-state index contributed by atoms with van der Waals surface area (Å²) in [6, 6.07) is 4.88. The maximum absolute atomic E-state index is 13.1. The second-order valence-corrected chi connectivity index (χ2v) is 11.0. The molecule has 38 heavy (non-hydrogen) atoms. The minimum absolute atomic E-state index is 0. The number of anilines is 1. The zero-order valence-electron chi connectivity index (χ0n) is 20.4. The van der Waals surface area contributed by atoms with Gasteiger partial charge in [0.05, 0.1) is 41.2 Å². The summed E-state index contributed by atoms with van der Waals surface area (Å²) in [6.07, 6.45) is 2.97. The minimum Gasteiger partial charge on any atom is -0.548 e. The molecular formula is C22H14N4Na2O6S4. The molecule has 1 amide bonds. The van der Waals surface area contributed by atoms with Crippen LogP contribution in [0.15, 0.2) is 39.0 Å². The van der Waals surface area contributed by atoms with Crippen molar-refractivity contribution >= 4 is 91.6 Å². The fraction of sp³-hybridized carbons (Fsp3) is 0.182.